The summed E-state index contributed by atoms with van der Waals surface area (Å²) in [6.45, 7) is 2.22. The van der Waals surface area contributed by atoms with E-state index >= 15 is 0 Å². The van der Waals surface area contributed by atoms with Crippen molar-refractivity contribution in [1.82, 2.24) is 0 Å². The molecule has 1 aliphatic heterocycles. The second-order valence-electron chi connectivity index (χ2n) is 7.37. The normalized spacial score (nSPS) is 29.0. The first-order valence-electron chi connectivity index (χ1n) is 8.68. The highest BCUT2D eigenvalue weighted by Crippen LogP contribution is 2.48. The third kappa shape index (κ3) is 2.73. The zero-order valence-electron chi connectivity index (χ0n) is 14.1. The lowest BCUT2D eigenvalue weighted by atomic mass is 9.64. The van der Waals surface area contributed by atoms with E-state index in [2.05, 4.69) is 35.0 Å². The Kier molecular flexibility index (Phi) is 4.03. The molecule has 1 saturated carbocycles. The molecule has 3 nitrogen and oxygen atoms in total. The van der Waals surface area contributed by atoms with Gasteiger partial charge in [0.15, 0.2) is 0 Å². The molecule has 0 aromatic heterocycles. The van der Waals surface area contributed by atoms with Crippen LogP contribution in [0.5, 0.6) is 0 Å². The number of carbonyl (C=O) groups is 2. The van der Waals surface area contributed by atoms with Gasteiger partial charge in [0.1, 0.15) is 0 Å². The molecule has 4 rings (SSSR count). The molecule has 0 bridgehead atoms. The van der Waals surface area contributed by atoms with Crippen molar-refractivity contribution in [3.63, 3.8) is 0 Å². The molecule has 1 heterocycles. The average Bonchev–Trinajstić information content (AvgIpc) is 2.87. The molecule has 0 spiro atoms. The summed E-state index contributed by atoms with van der Waals surface area (Å²) >= 11 is 3.40. The van der Waals surface area contributed by atoms with Gasteiger partial charge in [-0.25, -0.2) is 0 Å². The highest BCUT2D eigenvalue weighted by molar-refractivity contribution is 9.10. The van der Waals surface area contributed by atoms with Crippen LogP contribution in [-0.4, -0.2) is 11.8 Å². The van der Waals surface area contributed by atoms with Crippen LogP contribution >= 0.6 is 15.9 Å². The number of hydrogen-bond acceptors (Lipinski definition) is 2. The van der Waals surface area contributed by atoms with Gasteiger partial charge < -0.3 is 0 Å². The Morgan fingerprint density at radius 2 is 1.60 bits per heavy atom. The molecule has 0 unspecified atom stereocenters. The van der Waals surface area contributed by atoms with Gasteiger partial charge in [-0.15, -0.1) is 0 Å². The van der Waals surface area contributed by atoms with Crippen molar-refractivity contribution in [3.8, 4) is 0 Å². The topological polar surface area (TPSA) is 37.4 Å². The number of amides is 2. The average molecular weight is 398 g/mol. The summed E-state index contributed by atoms with van der Waals surface area (Å²) in [4.78, 5) is 27.3. The van der Waals surface area contributed by atoms with Crippen LogP contribution in [0.2, 0.25) is 0 Å². The summed E-state index contributed by atoms with van der Waals surface area (Å²) in [6, 6.07) is 17.8. The number of imide groups is 1. The fourth-order valence-electron chi connectivity index (χ4n) is 4.35. The van der Waals surface area contributed by atoms with E-state index < -0.39 is 0 Å². The fraction of sp³-hybridized carbons (Fsp3) is 0.333. The summed E-state index contributed by atoms with van der Waals surface area (Å²) in [7, 11) is 0. The largest absolute Gasteiger partial charge is 0.274 e. The van der Waals surface area contributed by atoms with Gasteiger partial charge in [0.2, 0.25) is 11.8 Å². The minimum absolute atomic E-state index is 0.0348. The molecular formula is C21H20BrNO2. The Morgan fingerprint density at radius 3 is 2.28 bits per heavy atom. The van der Waals surface area contributed by atoms with Crippen LogP contribution in [0.3, 0.4) is 0 Å². The molecule has 2 aromatic carbocycles. The molecule has 128 valence electrons. The SMILES string of the molecule is C[C@]1(c2ccccc2)CC[C@@H]2C(=O)N(c3ccc(Br)cc3)C(=O)[C@H]2C1. The lowest BCUT2D eigenvalue weighted by molar-refractivity contribution is -0.122. The fourth-order valence-corrected chi connectivity index (χ4v) is 4.61. The number of benzene rings is 2. The molecule has 3 atom stereocenters. The number of fused-ring (bicyclic) bond motifs is 1. The number of halogens is 1. The van der Waals surface area contributed by atoms with Gasteiger partial charge in [-0.3, -0.25) is 14.5 Å². The van der Waals surface area contributed by atoms with Gasteiger partial charge in [0.25, 0.3) is 0 Å². The van der Waals surface area contributed by atoms with Gasteiger partial charge in [-0.1, -0.05) is 53.2 Å². The summed E-state index contributed by atoms with van der Waals surface area (Å²) in [5.41, 5.74) is 1.89. The predicted octanol–water partition coefficient (Wildman–Crippen LogP) is 4.70. The van der Waals surface area contributed by atoms with Gasteiger partial charge in [-0.2, -0.15) is 0 Å². The number of rotatable bonds is 2. The standard InChI is InChI=1S/C21H20BrNO2/c1-21(14-5-3-2-4-6-14)12-11-17-18(13-21)20(25)23(19(17)24)16-9-7-15(22)8-10-16/h2-10,17-18H,11-13H2,1H3/t17-,18-,21-/m0/s1. The lowest BCUT2D eigenvalue weighted by Crippen LogP contribution is -2.36. The van der Waals surface area contributed by atoms with Crippen LogP contribution in [-0.2, 0) is 15.0 Å². The molecule has 0 N–H and O–H groups in total. The zero-order chi connectivity index (χ0) is 17.6. The highest BCUT2D eigenvalue weighted by Gasteiger charge is 2.53. The molecule has 25 heavy (non-hydrogen) atoms. The van der Waals surface area contributed by atoms with Crippen molar-refractivity contribution in [2.75, 3.05) is 4.90 Å². The molecule has 2 aliphatic rings. The molecule has 2 amide bonds. The maximum absolute atomic E-state index is 13.0. The third-order valence-electron chi connectivity index (χ3n) is 5.79. The minimum atomic E-state index is -0.213. The summed E-state index contributed by atoms with van der Waals surface area (Å²) < 4.78 is 0.935. The molecule has 0 radical (unpaired) electrons. The Balaban J connectivity index is 1.64. The van der Waals surface area contributed by atoms with Gasteiger partial charge in [0, 0.05) is 4.47 Å². The monoisotopic (exact) mass is 397 g/mol. The van der Waals surface area contributed by atoms with Crippen LogP contribution in [0.1, 0.15) is 31.7 Å². The van der Waals surface area contributed by atoms with Crippen molar-refractivity contribution in [1.29, 1.82) is 0 Å². The summed E-state index contributed by atoms with van der Waals surface area (Å²) in [5, 5.41) is 0. The van der Waals surface area contributed by atoms with E-state index in [1.54, 1.807) is 0 Å². The number of hydrogen-bond donors (Lipinski definition) is 0. The second-order valence-corrected chi connectivity index (χ2v) is 8.29. The van der Waals surface area contributed by atoms with Crippen LogP contribution in [0, 0.1) is 11.8 Å². The second kappa shape index (κ2) is 6.10. The van der Waals surface area contributed by atoms with E-state index in [1.165, 1.54) is 10.5 Å². The van der Waals surface area contributed by atoms with E-state index in [9.17, 15) is 9.59 Å². The zero-order valence-corrected chi connectivity index (χ0v) is 15.7. The van der Waals surface area contributed by atoms with E-state index in [-0.39, 0.29) is 29.1 Å². The smallest absolute Gasteiger partial charge is 0.237 e. The molecule has 1 saturated heterocycles. The maximum Gasteiger partial charge on any atom is 0.237 e. The third-order valence-corrected chi connectivity index (χ3v) is 6.32. The van der Waals surface area contributed by atoms with E-state index in [4.69, 9.17) is 0 Å². The summed E-state index contributed by atoms with van der Waals surface area (Å²) in [5.74, 6) is -0.463. The van der Waals surface area contributed by atoms with Crippen molar-refractivity contribution in [2.24, 2.45) is 11.8 Å². The van der Waals surface area contributed by atoms with Gasteiger partial charge in [0.05, 0.1) is 17.5 Å². The molecule has 4 heteroatoms. The van der Waals surface area contributed by atoms with Crippen molar-refractivity contribution >= 4 is 33.4 Å². The molecular weight excluding hydrogens is 378 g/mol. The molecule has 2 aromatic rings. The summed E-state index contributed by atoms with van der Waals surface area (Å²) in [6.07, 6.45) is 2.44. The number of anilines is 1. The molecule has 1 aliphatic carbocycles. The minimum Gasteiger partial charge on any atom is -0.274 e. The Bertz CT molecular complexity index is 818. The van der Waals surface area contributed by atoms with Crippen molar-refractivity contribution in [2.45, 2.75) is 31.6 Å². The number of nitrogens with zero attached hydrogens (tertiary/aromatic N) is 1. The van der Waals surface area contributed by atoms with E-state index in [1.807, 2.05) is 42.5 Å². The Hall–Kier alpha value is -1.94. The van der Waals surface area contributed by atoms with E-state index in [0.717, 1.165) is 23.7 Å². The van der Waals surface area contributed by atoms with Gasteiger partial charge >= 0.3 is 0 Å². The van der Waals surface area contributed by atoms with E-state index in [0.29, 0.717) is 5.69 Å². The van der Waals surface area contributed by atoms with Crippen LogP contribution < -0.4 is 4.90 Å². The maximum atomic E-state index is 13.0. The Morgan fingerprint density at radius 1 is 0.960 bits per heavy atom. The van der Waals surface area contributed by atoms with Crippen molar-refractivity contribution < 1.29 is 9.59 Å². The quantitative estimate of drug-likeness (QED) is 0.688. The Labute approximate surface area is 156 Å². The highest BCUT2D eigenvalue weighted by atomic mass is 79.9. The first kappa shape index (κ1) is 16.5. The molecule has 2 fully saturated rings. The van der Waals surface area contributed by atoms with Crippen molar-refractivity contribution in [3.05, 3.63) is 64.6 Å². The lowest BCUT2D eigenvalue weighted by Gasteiger charge is -2.38. The van der Waals surface area contributed by atoms with Crippen LogP contribution in [0.25, 0.3) is 0 Å². The van der Waals surface area contributed by atoms with Crippen LogP contribution in [0.15, 0.2) is 59.1 Å². The number of carbonyl (C=O) groups excluding carboxylic acids is 2. The van der Waals surface area contributed by atoms with Gasteiger partial charge in [-0.05, 0) is 54.5 Å². The first-order chi connectivity index (χ1) is 12.0. The van der Waals surface area contributed by atoms with Crippen LogP contribution in [0.4, 0.5) is 5.69 Å². The predicted molar refractivity (Wildman–Crippen MR) is 101 cm³/mol. The first-order valence-corrected chi connectivity index (χ1v) is 9.48.